The van der Waals surface area contributed by atoms with E-state index < -0.39 is 11.0 Å². The fraction of sp³-hybridized carbons (Fsp3) is 0.611. The number of carbonyl (C=O) groups excluding carboxylic acids is 1. The third-order valence-electron chi connectivity index (χ3n) is 4.56. The molecule has 1 aromatic rings. The van der Waals surface area contributed by atoms with Crippen LogP contribution in [0.5, 0.6) is 0 Å². The summed E-state index contributed by atoms with van der Waals surface area (Å²) in [5, 5.41) is 0. The molecule has 3 heteroatoms. The number of nitrogens with two attached hydrogens (primary N) is 1. The molecule has 0 saturated heterocycles. The summed E-state index contributed by atoms with van der Waals surface area (Å²) >= 11 is 0. The third-order valence-corrected chi connectivity index (χ3v) is 4.56. The predicted molar refractivity (Wildman–Crippen MR) is 89.1 cm³/mol. The number of amides is 1. The summed E-state index contributed by atoms with van der Waals surface area (Å²) in [6, 6.07) is 8.46. The van der Waals surface area contributed by atoms with E-state index in [0.29, 0.717) is 12.5 Å². The second-order valence-electron chi connectivity index (χ2n) is 7.40. The lowest BCUT2D eigenvalue weighted by Crippen LogP contribution is -2.55. The van der Waals surface area contributed by atoms with Crippen molar-refractivity contribution in [2.45, 2.75) is 59.5 Å². The highest BCUT2D eigenvalue weighted by Crippen LogP contribution is 2.30. The number of hydrogen-bond donors (Lipinski definition) is 1. The summed E-state index contributed by atoms with van der Waals surface area (Å²) in [4.78, 5) is 14.4. The van der Waals surface area contributed by atoms with E-state index in [1.165, 1.54) is 5.56 Å². The Hall–Kier alpha value is -1.35. The van der Waals surface area contributed by atoms with Gasteiger partial charge in [0, 0.05) is 19.1 Å². The van der Waals surface area contributed by atoms with E-state index in [4.69, 9.17) is 5.73 Å². The Balaban J connectivity index is 2.81. The van der Waals surface area contributed by atoms with Crippen LogP contribution in [0, 0.1) is 5.41 Å². The van der Waals surface area contributed by atoms with Crippen molar-refractivity contribution in [3.63, 3.8) is 0 Å². The molecule has 2 N–H and O–H groups in total. The number of rotatable bonds is 5. The summed E-state index contributed by atoms with van der Waals surface area (Å²) in [7, 11) is 1.84. The molecule has 0 aliphatic heterocycles. The second kappa shape index (κ2) is 6.18. The maximum absolute atomic E-state index is 12.6. The van der Waals surface area contributed by atoms with Gasteiger partial charge in [0.2, 0.25) is 5.91 Å². The van der Waals surface area contributed by atoms with Gasteiger partial charge in [-0.3, -0.25) is 4.79 Å². The highest BCUT2D eigenvalue weighted by atomic mass is 16.2. The number of carbonyl (C=O) groups is 1. The van der Waals surface area contributed by atoms with Crippen LogP contribution in [0.4, 0.5) is 0 Å². The van der Waals surface area contributed by atoms with E-state index in [0.717, 1.165) is 5.56 Å². The van der Waals surface area contributed by atoms with Gasteiger partial charge in [-0.25, -0.2) is 0 Å². The average molecular weight is 290 g/mol. The van der Waals surface area contributed by atoms with Crippen LogP contribution in [0.2, 0.25) is 0 Å². The first-order chi connectivity index (χ1) is 9.46. The molecule has 0 atom stereocenters. The van der Waals surface area contributed by atoms with Crippen LogP contribution in [0.1, 0.15) is 58.6 Å². The number of nitrogens with zero attached hydrogens (tertiary/aromatic N) is 1. The van der Waals surface area contributed by atoms with Crippen LogP contribution in [-0.2, 0) is 11.3 Å². The first-order valence-corrected chi connectivity index (χ1v) is 7.60. The molecule has 0 fully saturated rings. The van der Waals surface area contributed by atoms with Crippen LogP contribution in [0.25, 0.3) is 0 Å². The summed E-state index contributed by atoms with van der Waals surface area (Å²) in [5.41, 5.74) is 7.45. The lowest BCUT2D eigenvalue weighted by molar-refractivity contribution is -0.142. The highest BCUT2D eigenvalue weighted by Gasteiger charge is 2.41. The van der Waals surface area contributed by atoms with Gasteiger partial charge in [0.25, 0.3) is 0 Å². The number of benzene rings is 1. The zero-order valence-electron chi connectivity index (χ0n) is 14.5. The third kappa shape index (κ3) is 4.07. The molecule has 0 unspecified atom stereocenters. The van der Waals surface area contributed by atoms with Crippen LogP contribution < -0.4 is 5.73 Å². The monoisotopic (exact) mass is 290 g/mol. The molecule has 0 heterocycles. The Morgan fingerprint density at radius 3 is 2.00 bits per heavy atom. The van der Waals surface area contributed by atoms with E-state index in [-0.39, 0.29) is 5.91 Å². The normalized spacial score (nSPS) is 12.6. The first-order valence-electron chi connectivity index (χ1n) is 7.60. The molecule has 1 amide bonds. The highest BCUT2D eigenvalue weighted by molar-refractivity contribution is 5.83. The largest absolute Gasteiger partial charge is 0.341 e. The van der Waals surface area contributed by atoms with Gasteiger partial charge in [-0.1, -0.05) is 38.1 Å². The molecule has 1 aromatic carbocycles. The molecule has 0 aromatic heterocycles. The summed E-state index contributed by atoms with van der Waals surface area (Å²) < 4.78 is 0. The minimum atomic E-state index is -0.598. The number of hydrogen-bond acceptors (Lipinski definition) is 2. The Morgan fingerprint density at radius 1 is 1.14 bits per heavy atom. The van der Waals surface area contributed by atoms with Crippen molar-refractivity contribution in [3.05, 3.63) is 35.4 Å². The first kappa shape index (κ1) is 17.7. The summed E-state index contributed by atoms with van der Waals surface area (Å²) in [6.45, 7) is 12.6. The zero-order valence-corrected chi connectivity index (χ0v) is 14.5. The van der Waals surface area contributed by atoms with E-state index >= 15 is 0 Å². The molecule has 21 heavy (non-hydrogen) atoms. The molecule has 0 saturated carbocycles. The Morgan fingerprint density at radius 2 is 1.62 bits per heavy atom. The molecule has 0 spiro atoms. The minimum Gasteiger partial charge on any atom is -0.341 e. The molecule has 0 radical (unpaired) electrons. The van der Waals surface area contributed by atoms with E-state index in [1.807, 2.05) is 34.7 Å². The molecule has 3 nitrogen and oxygen atoms in total. The quantitative estimate of drug-likeness (QED) is 0.901. The van der Waals surface area contributed by atoms with Crippen molar-refractivity contribution < 1.29 is 4.79 Å². The fourth-order valence-electron chi connectivity index (χ4n) is 2.11. The van der Waals surface area contributed by atoms with Gasteiger partial charge in [-0.05, 0) is 44.7 Å². The van der Waals surface area contributed by atoms with Gasteiger partial charge in [0.05, 0.1) is 5.41 Å². The van der Waals surface area contributed by atoms with Crippen molar-refractivity contribution in [1.29, 1.82) is 0 Å². The van der Waals surface area contributed by atoms with Gasteiger partial charge in [-0.2, -0.15) is 0 Å². The van der Waals surface area contributed by atoms with Crippen LogP contribution >= 0.6 is 0 Å². The lowest BCUT2D eigenvalue weighted by atomic mass is 9.74. The smallest absolute Gasteiger partial charge is 0.230 e. The van der Waals surface area contributed by atoms with E-state index in [2.05, 4.69) is 38.1 Å². The van der Waals surface area contributed by atoms with E-state index in [1.54, 1.807) is 4.90 Å². The van der Waals surface area contributed by atoms with Gasteiger partial charge in [-0.15, -0.1) is 0 Å². The molecule has 0 aliphatic carbocycles. The Labute approximate surface area is 129 Å². The maximum atomic E-state index is 12.6. The molecule has 1 rings (SSSR count). The van der Waals surface area contributed by atoms with Gasteiger partial charge in [0.15, 0.2) is 0 Å². The molecular formula is C18H30N2O. The van der Waals surface area contributed by atoms with Gasteiger partial charge < -0.3 is 10.6 Å². The lowest BCUT2D eigenvalue weighted by Gasteiger charge is -2.39. The second-order valence-corrected chi connectivity index (χ2v) is 7.40. The van der Waals surface area contributed by atoms with Crippen molar-refractivity contribution in [3.8, 4) is 0 Å². The van der Waals surface area contributed by atoms with Crippen LogP contribution in [0.3, 0.4) is 0 Å². The molecule has 0 aliphatic rings. The van der Waals surface area contributed by atoms with Crippen molar-refractivity contribution in [2.75, 3.05) is 7.05 Å². The maximum Gasteiger partial charge on any atom is 0.230 e. The topological polar surface area (TPSA) is 46.3 Å². The fourth-order valence-corrected chi connectivity index (χ4v) is 2.11. The minimum absolute atomic E-state index is 0.0722. The van der Waals surface area contributed by atoms with Gasteiger partial charge >= 0.3 is 0 Å². The summed E-state index contributed by atoms with van der Waals surface area (Å²) in [6.07, 6.45) is 0. The zero-order chi connectivity index (χ0) is 16.4. The Kier molecular flexibility index (Phi) is 5.21. The summed E-state index contributed by atoms with van der Waals surface area (Å²) in [5.74, 6) is 0.596. The van der Waals surface area contributed by atoms with Crippen LogP contribution in [0.15, 0.2) is 24.3 Å². The van der Waals surface area contributed by atoms with E-state index in [9.17, 15) is 4.79 Å². The Bertz CT molecular complexity index is 481. The van der Waals surface area contributed by atoms with Gasteiger partial charge in [0.1, 0.15) is 0 Å². The van der Waals surface area contributed by atoms with Crippen molar-refractivity contribution in [1.82, 2.24) is 4.90 Å². The standard InChI is InChI=1S/C18H30N2O/c1-13(2)15-10-8-14(9-11-15)12-20(7)16(21)17(3,4)18(5,6)19/h8-11,13H,12,19H2,1-7H3. The van der Waals surface area contributed by atoms with Crippen molar-refractivity contribution >= 4 is 5.91 Å². The van der Waals surface area contributed by atoms with Crippen molar-refractivity contribution in [2.24, 2.45) is 11.1 Å². The molecular weight excluding hydrogens is 260 g/mol. The SMILES string of the molecule is CC(C)c1ccc(CN(C)C(=O)C(C)(C)C(C)(C)N)cc1. The predicted octanol–water partition coefficient (Wildman–Crippen LogP) is 3.53. The molecule has 118 valence electrons. The van der Waals surface area contributed by atoms with Crippen LogP contribution in [-0.4, -0.2) is 23.4 Å². The molecule has 0 bridgehead atoms. The average Bonchev–Trinajstić information content (AvgIpc) is 2.36.